The third kappa shape index (κ3) is 5.30. The number of esters is 1. The van der Waals surface area contributed by atoms with E-state index in [1.54, 1.807) is 35.2 Å². The summed E-state index contributed by atoms with van der Waals surface area (Å²) in [5.41, 5.74) is 1.35. The van der Waals surface area contributed by atoms with E-state index in [9.17, 15) is 24.0 Å². The molecule has 2 aromatic rings. The van der Waals surface area contributed by atoms with Crippen LogP contribution in [0.5, 0.6) is 5.75 Å². The summed E-state index contributed by atoms with van der Waals surface area (Å²) in [7, 11) is 0. The molecule has 0 unspecified atom stereocenters. The first-order chi connectivity index (χ1) is 17.1. The number of benzene rings is 2. The molecule has 9 heteroatoms. The van der Waals surface area contributed by atoms with E-state index in [0.29, 0.717) is 54.9 Å². The lowest BCUT2D eigenvalue weighted by Gasteiger charge is -2.32. The second-order valence-electron chi connectivity index (χ2n) is 9.54. The minimum atomic E-state index is -0.461. The number of hydrogen-bond acceptors (Lipinski definition) is 6. The Bertz CT molecular complexity index is 1230. The first-order valence-electron chi connectivity index (χ1n) is 12.0. The fraction of sp³-hybridized carbons (Fsp3) is 0.370. The van der Waals surface area contributed by atoms with Gasteiger partial charge in [0.25, 0.3) is 23.6 Å². The minimum Gasteiger partial charge on any atom is -0.427 e. The van der Waals surface area contributed by atoms with E-state index in [1.807, 2.05) is 13.8 Å². The number of fused-ring (bicyclic) bond motifs is 1. The molecule has 2 aliphatic heterocycles. The third-order valence-electron chi connectivity index (χ3n) is 6.24. The molecule has 0 radical (unpaired) electrons. The standard InChI is InChI=1S/C27H29N3O6/c1-16(2)15-30-26(34)22-8-7-19(14-23(22)27(30)35)25(33)29-11-9-20(10-12-29)28-24(32)18-5-4-6-21(13-18)36-17(3)31/h4-8,13-14,16,20H,9-12,15H2,1-3H3,(H,28,32). The van der Waals surface area contributed by atoms with Crippen LogP contribution in [0.15, 0.2) is 42.5 Å². The van der Waals surface area contributed by atoms with E-state index < -0.39 is 5.97 Å². The van der Waals surface area contributed by atoms with Crippen molar-refractivity contribution in [1.29, 1.82) is 0 Å². The van der Waals surface area contributed by atoms with Crippen LogP contribution in [0.3, 0.4) is 0 Å². The van der Waals surface area contributed by atoms with Gasteiger partial charge in [-0.2, -0.15) is 0 Å². The number of nitrogens with one attached hydrogen (secondary N) is 1. The van der Waals surface area contributed by atoms with E-state index >= 15 is 0 Å². The van der Waals surface area contributed by atoms with Crippen molar-refractivity contribution in [1.82, 2.24) is 15.1 Å². The smallest absolute Gasteiger partial charge is 0.308 e. The maximum atomic E-state index is 13.1. The Morgan fingerprint density at radius 2 is 1.67 bits per heavy atom. The third-order valence-corrected chi connectivity index (χ3v) is 6.24. The van der Waals surface area contributed by atoms with Crippen LogP contribution in [0.25, 0.3) is 0 Å². The van der Waals surface area contributed by atoms with Gasteiger partial charge < -0.3 is 15.0 Å². The number of ether oxygens (including phenoxy) is 1. The van der Waals surface area contributed by atoms with Crippen molar-refractivity contribution < 1.29 is 28.7 Å². The molecule has 0 aliphatic carbocycles. The summed E-state index contributed by atoms with van der Waals surface area (Å²) in [4.78, 5) is 65.2. The number of amides is 4. The summed E-state index contributed by atoms with van der Waals surface area (Å²) in [6.07, 6.45) is 1.15. The van der Waals surface area contributed by atoms with Crippen LogP contribution in [0.4, 0.5) is 0 Å². The maximum absolute atomic E-state index is 13.1. The largest absolute Gasteiger partial charge is 0.427 e. The van der Waals surface area contributed by atoms with Crippen LogP contribution in [-0.4, -0.2) is 65.1 Å². The van der Waals surface area contributed by atoms with E-state index in [-0.39, 0.29) is 41.2 Å². The molecule has 2 aromatic carbocycles. The van der Waals surface area contributed by atoms with Gasteiger partial charge in [0, 0.05) is 43.7 Å². The van der Waals surface area contributed by atoms with Crippen molar-refractivity contribution >= 4 is 29.6 Å². The lowest BCUT2D eigenvalue weighted by molar-refractivity contribution is -0.131. The molecule has 188 valence electrons. The summed E-state index contributed by atoms with van der Waals surface area (Å²) >= 11 is 0. The molecule has 1 N–H and O–H groups in total. The Morgan fingerprint density at radius 3 is 2.33 bits per heavy atom. The van der Waals surface area contributed by atoms with Crippen LogP contribution in [0, 0.1) is 5.92 Å². The van der Waals surface area contributed by atoms with Crippen LogP contribution >= 0.6 is 0 Å². The molecule has 0 bridgehead atoms. The highest BCUT2D eigenvalue weighted by molar-refractivity contribution is 6.22. The summed E-state index contributed by atoms with van der Waals surface area (Å²) < 4.78 is 5.03. The first-order valence-corrected chi connectivity index (χ1v) is 12.0. The normalized spacial score (nSPS) is 15.8. The molecule has 0 aromatic heterocycles. The van der Waals surface area contributed by atoms with Crippen LogP contribution in [0.2, 0.25) is 0 Å². The Kier molecular flexibility index (Phi) is 7.19. The summed E-state index contributed by atoms with van der Waals surface area (Å²) in [6.45, 7) is 6.39. The SMILES string of the molecule is CC(=O)Oc1cccc(C(=O)NC2CCN(C(=O)c3ccc4c(c3)C(=O)N(CC(C)C)C4=O)CC2)c1. The molecule has 2 aliphatic rings. The van der Waals surface area contributed by atoms with Gasteiger partial charge in [-0.05, 0) is 55.2 Å². The fourth-order valence-electron chi connectivity index (χ4n) is 4.50. The van der Waals surface area contributed by atoms with Gasteiger partial charge >= 0.3 is 5.97 Å². The van der Waals surface area contributed by atoms with E-state index in [1.165, 1.54) is 24.0 Å². The van der Waals surface area contributed by atoms with Crippen LogP contribution in [0.1, 0.15) is 75.0 Å². The van der Waals surface area contributed by atoms with Gasteiger partial charge in [0.05, 0.1) is 11.1 Å². The molecule has 0 spiro atoms. The number of piperidine rings is 1. The van der Waals surface area contributed by atoms with E-state index in [4.69, 9.17) is 4.74 Å². The predicted octanol–water partition coefficient (Wildman–Crippen LogP) is 2.90. The van der Waals surface area contributed by atoms with Gasteiger partial charge in [-0.3, -0.25) is 28.9 Å². The average Bonchev–Trinajstić information content (AvgIpc) is 3.07. The van der Waals surface area contributed by atoms with Crippen molar-refractivity contribution in [2.75, 3.05) is 19.6 Å². The topological polar surface area (TPSA) is 113 Å². The molecule has 0 atom stereocenters. The Hall–Kier alpha value is -4.01. The zero-order chi connectivity index (χ0) is 26.0. The van der Waals surface area contributed by atoms with Gasteiger partial charge in [-0.15, -0.1) is 0 Å². The number of imide groups is 1. The molecule has 1 fully saturated rings. The van der Waals surface area contributed by atoms with Gasteiger partial charge in [-0.1, -0.05) is 19.9 Å². The lowest BCUT2D eigenvalue weighted by atomic mass is 10.0. The molecule has 36 heavy (non-hydrogen) atoms. The highest BCUT2D eigenvalue weighted by Gasteiger charge is 2.36. The quantitative estimate of drug-likeness (QED) is 0.378. The molecule has 0 saturated carbocycles. The first kappa shape index (κ1) is 25.1. The van der Waals surface area contributed by atoms with Crippen molar-refractivity contribution in [3.63, 3.8) is 0 Å². The monoisotopic (exact) mass is 491 g/mol. The number of rotatable bonds is 6. The Labute approximate surface area is 209 Å². The van der Waals surface area contributed by atoms with E-state index in [2.05, 4.69) is 5.32 Å². The van der Waals surface area contributed by atoms with E-state index in [0.717, 1.165) is 0 Å². The number of likely N-dealkylation sites (tertiary alicyclic amines) is 1. The lowest BCUT2D eigenvalue weighted by Crippen LogP contribution is -2.46. The van der Waals surface area contributed by atoms with Gasteiger partial charge in [0.1, 0.15) is 5.75 Å². The zero-order valence-electron chi connectivity index (χ0n) is 20.6. The predicted molar refractivity (Wildman–Crippen MR) is 131 cm³/mol. The van der Waals surface area contributed by atoms with Crippen LogP contribution < -0.4 is 10.1 Å². The second kappa shape index (κ2) is 10.3. The molecule has 1 saturated heterocycles. The summed E-state index contributed by atoms with van der Waals surface area (Å²) in [6, 6.07) is 11.0. The molecule has 2 heterocycles. The number of hydrogen-bond donors (Lipinski definition) is 1. The molecule has 4 rings (SSSR count). The van der Waals surface area contributed by atoms with Crippen molar-refractivity contribution in [2.24, 2.45) is 5.92 Å². The molecular weight excluding hydrogens is 462 g/mol. The highest BCUT2D eigenvalue weighted by atomic mass is 16.5. The molecule has 9 nitrogen and oxygen atoms in total. The second-order valence-corrected chi connectivity index (χ2v) is 9.54. The zero-order valence-corrected chi connectivity index (χ0v) is 20.6. The summed E-state index contributed by atoms with van der Waals surface area (Å²) in [5, 5.41) is 2.97. The Balaban J connectivity index is 1.35. The Morgan fingerprint density at radius 1 is 0.972 bits per heavy atom. The van der Waals surface area contributed by atoms with Crippen molar-refractivity contribution in [2.45, 2.75) is 39.7 Å². The highest BCUT2D eigenvalue weighted by Crippen LogP contribution is 2.26. The number of nitrogens with zero attached hydrogens (tertiary/aromatic N) is 2. The number of carbonyl (C=O) groups is 5. The average molecular weight is 492 g/mol. The maximum Gasteiger partial charge on any atom is 0.308 e. The van der Waals surface area contributed by atoms with Gasteiger partial charge in [0.2, 0.25) is 0 Å². The van der Waals surface area contributed by atoms with Gasteiger partial charge in [-0.25, -0.2) is 0 Å². The fourth-order valence-corrected chi connectivity index (χ4v) is 4.50. The van der Waals surface area contributed by atoms with Gasteiger partial charge in [0.15, 0.2) is 0 Å². The minimum absolute atomic E-state index is 0.109. The molecule has 4 amide bonds. The van der Waals surface area contributed by atoms with Crippen LogP contribution in [-0.2, 0) is 4.79 Å². The molecular formula is C27H29N3O6. The number of carbonyl (C=O) groups excluding carboxylic acids is 5. The van der Waals surface area contributed by atoms with Crippen molar-refractivity contribution in [3.05, 3.63) is 64.7 Å². The summed E-state index contributed by atoms with van der Waals surface area (Å²) in [5.74, 6) is -1.18. The van der Waals surface area contributed by atoms with Crippen molar-refractivity contribution in [3.8, 4) is 5.75 Å².